The molecule has 3 rings (SSSR count). The number of nitrogen functional groups attached to an aromatic ring is 1. The van der Waals surface area contributed by atoms with Gasteiger partial charge in [-0.25, -0.2) is 0 Å². The van der Waals surface area contributed by atoms with Crippen molar-refractivity contribution in [2.24, 2.45) is 0 Å². The largest absolute Gasteiger partial charge is 0.399 e. The molecule has 2 N–H and O–H groups in total. The van der Waals surface area contributed by atoms with Gasteiger partial charge in [-0.1, -0.05) is 31.9 Å². The van der Waals surface area contributed by atoms with Crippen molar-refractivity contribution in [1.82, 2.24) is 0 Å². The van der Waals surface area contributed by atoms with E-state index in [1.54, 1.807) is 0 Å². The predicted molar refractivity (Wildman–Crippen MR) is 92.7 cm³/mol. The molecule has 1 heterocycles. The van der Waals surface area contributed by atoms with Crippen LogP contribution in [0.2, 0.25) is 0 Å². The second-order valence-electron chi connectivity index (χ2n) is 5.11. The number of hydrogen-bond acceptors (Lipinski definition) is 2. The number of halogens is 2. The maximum Gasteiger partial charge on any atom is 0.258 e. The van der Waals surface area contributed by atoms with Gasteiger partial charge in [0.1, 0.15) is 0 Å². The van der Waals surface area contributed by atoms with Crippen molar-refractivity contribution in [2.75, 3.05) is 17.2 Å². The van der Waals surface area contributed by atoms with Crippen LogP contribution in [0, 0.1) is 0 Å². The van der Waals surface area contributed by atoms with E-state index in [4.69, 9.17) is 5.73 Å². The van der Waals surface area contributed by atoms with Crippen LogP contribution in [0.5, 0.6) is 0 Å². The molecule has 0 bridgehead atoms. The summed E-state index contributed by atoms with van der Waals surface area (Å²) in [6.07, 6.45) is 1.92. The van der Waals surface area contributed by atoms with Crippen LogP contribution in [0.4, 0.5) is 11.4 Å². The van der Waals surface area contributed by atoms with Crippen molar-refractivity contribution in [2.45, 2.75) is 12.8 Å². The summed E-state index contributed by atoms with van der Waals surface area (Å²) in [6.45, 7) is 0.736. The number of anilines is 2. The van der Waals surface area contributed by atoms with Gasteiger partial charge < -0.3 is 10.6 Å². The molecule has 5 heteroatoms. The Kier molecular flexibility index (Phi) is 4.04. The molecule has 0 spiro atoms. The van der Waals surface area contributed by atoms with E-state index in [1.165, 1.54) is 0 Å². The third-order valence-corrected chi connectivity index (χ3v) is 4.49. The number of fused-ring (bicyclic) bond motifs is 1. The lowest BCUT2D eigenvalue weighted by molar-refractivity contribution is 0.0985. The van der Waals surface area contributed by atoms with Crippen LogP contribution in [0.3, 0.4) is 0 Å². The third kappa shape index (κ3) is 2.99. The molecular weight excluding hydrogens is 396 g/mol. The van der Waals surface area contributed by atoms with Crippen LogP contribution in [-0.2, 0) is 6.42 Å². The number of amides is 1. The summed E-state index contributed by atoms with van der Waals surface area (Å²) in [5.41, 5.74) is 9.36. The first-order chi connectivity index (χ1) is 10.0. The minimum atomic E-state index is 0.0164. The molecular formula is C16H14Br2N2O. The van der Waals surface area contributed by atoms with Crippen LogP contribution in [0.25, 0.3) is 0 Å². The molecule has 0 atom stereocenters. The van der Waals surface area contributed by atoms with Crippen molar-refractivity contribution in [3.05, 3.63) is 56.5 Å². The van der Waals surface area contributed by atoms with Crippen LogP contribution < -0.4 is 10.6 Å². The summed E-state index contributed by atoms with van der Waals surface area (Å²) in [6, 6.07) is 11.4. The first kappa shape index (κ1) is 14.6. The highest BCUT2D eigenvalue weighted by Crippen LogP contribution is 2.31. The van der Waals surface area contributed by atoms with Crippen molar-refractivity contribution >= 4 is 49.1 Å². The molecule has 0 saturated carbocycles. The van der Waals surface area contributed by atoms with Gasteiger partial charge in [0.05, 0.1) is 0 Å². The fourth-order valence-electron chi connectivity index (χ4n) is 2.66. The Morgan fingerprint density at radius 2 is 1.81 bits per heavy atom. The molecule has 0 radical (unpaired) electrons. The zero-order valence-corrected chi connectivity index (χ0v) is 14.4. The molecule has 1 amide bonds. The van der Waals surface area contributed by atoms with Gasteiger partial charge in [0.15, 0.2) is 0 Å². The highest BCUT2D eigenvalue weighted by Gasteiger charge is 2.24. The Morgan fingerprint density at radius 1 is 1.10 bits per heavy atom. The molecule has 2 aromatic carbocycles. The number of rotatable bonds is 1. The monoisotopic (exact) mass is 408 g/mol. The molecule has 0 unspecified atom stereocenters. The second kappa shape index (κ2) is 5.81. The number of benzene rings is 2. The second-order valence-corrected chi connectivity index (χ2v) is 6.94. The summed E-state index contributed by atoms with van der Waals surface area (Å²) in [7, 11) is 0. The number of nitrogens with two attached hydrogens (primary N) is 1. The molecule has 1 aliphatic rings. The first-order valence-electron chi connectivity index (χ1n) is 6.71. The van der Waals surface area contributed by atoms with Gasteiger partial charge in [-0.2, -0.15) is 0 Å². The molecule has 0 saturated heterocycles. The van der Waals surface area contributed by atoms with E-state index in [0.717, 1.165) is 45.3 Å². The van der Waals surface area contributed by atoms with Crippen LogP contribution in [0.15, 0.2) is 45.3 Å². The highest BCUT2D eigenvalue weighted by molar-refractivity contribution is 9.11. The standard InChI is InChI=1S/C16H14Br2N2O/c17-12-6-11(7-13(18)9-12)16(21)20-5-1-2-10-8-14(19)3-4-15(10)20/h3-4,6-9H,1-2,5,19H2. The molecule has 0 aromatic heterocycles. The number of nitrogens with zero attached hydrogens (tertiary/aromatic N) is 1. The summed E-state index contributed by atoms with van der Waals surface area (Å²) in [4.78, 5) is 14.6. The number of hydrogen-bond donors (Lipinski definition) is 1. The van der Waals surface area contributed by atoms with E-state index in [1.807, 2.05) is 41.3 Å². The van der Waals surface area contributed by atoms with E-state index in [0.29, 0.717) is 5.56 Å². The van der Waals surface area contributed by atoms with Gasteiger partial charge in [-0.3, -0.25) is 4.79 Å². The normalized spacial score (nSPS) is 13.9. The highest BCUT2D eigenvalue weighted by atomic mass is 79.9. The van der Waals surface area contributed by atoms with Crippen LogP contribution in [-0.4, -0.2) is 12.5 Å². The van der Waals surface area contributed by atoms with Gasteiger partial charge in [-0.05, 0) is 54.8 Å². The van der Waals surface area contributed by atoms with E-state index >= 15 is 0 Å². The van der Waals surface area contributed by atoms with Crippen molar-refractivity contribution in [1.29, 1.82) is 0 Å². The Hall–Kier alpha value is -1.33. The zero-order chi connectivity index (χ0) is 15.0. The van der Waals surface area contributed by atoms with Gasteiger partial charge in [0, 0.05) is 32.4 Å². The average Bonchev–Trinajstić information content (AvgIpc) is 2.44. The molecule has 0 aliphatic carbocycles. The number of carbonyl (C=O) groups is 1. The fourth-order valence-corrected chi connectivity index (χ4v) is 3.95. The average molecular weight is 410 g/mol. The lowest BCUT2D eigenvalue weighted by Crippen LogP contribution is -2.35. The van der Waals surface area contributed by atoms with Gasteiger partial charge >= 0.3 is 0 Å². The van der Waals surface area contributed by atoms with E-state index < -0.39 is 0 Å². The first-order valence-corrected chi connectivity index (χ1v) is 8.29. The lowest BCUT2D eigenvalue weighted by atomic mass is 10.00. The summed E-state index contributed by atoms with van der Waals surface area (Å²) >= 11 is 6.86. The molecule has 3 nitrogen and oxygen atoms in total. The topological polar surface area (TPSA) is 46.3 Å². The van der Waals surface area contributed by atoms with E-state index in [2.05, 4.69) is 31.9 Å². The van der Waals surface area contributed by atoms with Crippen molar-refractivity contribution < 1.29 is 4.79 Å². The maximum atomic E-state index is 12.8. The van der Waals surface area contributed by atoms with Gasteiger partial charge in [0.25, 0.3) is 5.91 Å². The molecule has 0 fully saturated rings. The van der Waals surface area contributed by atoms with Crippen molar-refractivity contribution in [3.63, 3.8) is 0 Å². The van der Waals surface area contributed by atoms with Gasteiger partial charge in [0.2, 0.25) is 0 Å². The Labute approximate surface area is 140 Å². The number of aryl methyl sites for hydroxylation is 1. The van der Waals surface area contributed by atoms with Crippen LogP contribution in [0.1, 0.15) is 22.3 Å². The molecule has 21 heavy (non-hydrogen) atoms. The predicted octanol–water partition coefficient (Wildman–Crippen LogP) is 4.39. The Balaban J connectivity index is 2.00. The molecule has 1 aliphatic heterocycles. The SMILES string of the molecule is Nc1ccc2c(c1)CCCN2C(=O)c1cc(Br)cc(Br)c1. The fraction of sp³-hybridized carbons (Fsp3) is 0.188. The molecule has 2 aromatic rings. The summed E-state index contributed by atoms with van der Waals surface area (Å²) < 4.78 is 1.77. The third-order valence-electron chi connectivity index (χ3n) is 3.58. The smallest absolute Gasteiger partial charge is 0.258 e. The Morgan fingerprint density at radius 3 is 2.52 bits per heavy atom. The Bertz CT molecular complexity index is 695. The van der Waals surface area contributed by atoms with Crippen LogP contribution >= 0.6 is 31.9 Å². The maximum absolute atomic E-state index is 12.8. The summed E-state index contributed by atoms with van der Waals surface area (Å²) in [5, 5.41) is 0. The van der Waals surface area contributed by atoms with E-state index in [9.17, 15) is 4.79 Å². The minimum absolute atomic E-state index is 0.0164. The van der Waals surface area contributed by atoms with E-state index in [-0.39, 0.29) is 5.91 Å². The quantitative estimate of drug-likeness (QED) is 0.710. The minimum Gasteiger partial charge on any atom is -0.399 e. The zero-order valence-electron chi connectivity index (χ0n) is 11.3. The number of carbonyl (C=O) groups excluding carboxylic acids is 1. The molecule has 108 valence electrons. The lowest BCUT2D eigenvalue weighted by Gasteiger charge is -2.30. The van der Waals surface area contributed by atoms with Gasteiger partial charge in [-0.15, -0.1) is 0 Å². The van der Waals surface area contributed by atoms with Crippen molar-refractivity contribution in [3.8, 4) is 0 Å². The summed E-state index contributed by atoms with van der Waals surface area (Å²) in [5.74, 6) is 0.0164.